The smallest absolute Gasteiger partial charge is 0.313 e. The number of nitrogens with one attached hydrogen (secondary N) is 1. The summed E-state index contributed by atoms with van der Waals surface area (Å²) in [5, 5.41) is 3.47. The van der Waals surface area contributed by atoms with Crippen molar-refractivity contribution in [2.45, 2.75) is 72.9 Å². The minimum Gasteiger partial charge on any atom is -0.442 e. The molecule has 0 radical (unpaired) electrons. The number of nitrogens with zero attached hydrogens (tertiary/aromatic N) is 2. The summed E-state index contributed by atoms with van der Waals surface area (Å²) in [4.78, 5) is 19.6. The van der Waals surface area contributed by atoms with Gasteiger partial charge in [0.25, 0.3) is 0 Å². The summed E-state index contributed by atoms with van der Waals surface area (Å²) in [5.74, 6) is -1.39. The highest BCUT2D eigenvalue weighted by atomic mass is 19.1. The highest BCUT2D eigenvalue weighted by Gasteiger charge is 2.26. The maximum absolute atomic E-state index is 15.3. The van der Waals surface area contributed by atoms with Crippen molar-refractivity contribution in [3.63, 3.8) is 0 Å². The van der Waals surface area contributed by atoms with Gasteiger partial charge in [-0.05, 0) is 57.9 Å². The van der Waals surface area contributed by atoms with Gasteiger partial charge in [0.2, 0.25) is 0 Å². The maximum Gasteiger partial charge on any atom is 0.313 e. The Labute approximate surface area is 218 Å². The third-order valence-corrected chi connectivity index (χ3v) is 6.72. The fourth-order valence-corrected chi connectivity index (χ4v) is 4.20. The molecular weight excluding hydrogens is 474 g/mol. The molecule has 0 atom stereocenters. The number of carbonyl (C=O) groups is 1. The van der Waals surface area contributed by atoms with E-state index in [0.717, 1.165) is 32.0 Å². The van der Waals surface area contributed by atoms with E-state index in [1.165, 1.54) is 12.1 Å². The van der Waals surface area contributed by atoms with E-state index < -0.39 is 17.0 Å². The first-order chi connectivity index (χ1) is 17.4. The van der Waals surface area contributed by atoms with Crippen LogP contribution in [-0.2, 0) is 16.1 Å². The number of rotatable bonds is 8. The highest BCUT2D eigenvalue weighted by molar-refractivity contribution is 6.01. The first-order valence-corrected chi connectivity index (χ1v) is 12.7. The number of amidine groups is 1. The molecule has 200 valence electrons. The molecule has 3 N–H and O–H groups in total. The van der Waals surface area contributed by atoms with Gasteiger partial charge in [-0.15, -0.1) is 0 Å². The molecule has 6 nitrogen and oxygen atoms in total. The summed E-state index contributed by atoms with van der Waals surface area (Å²) in [6.45, 7) is 10.00. The van der Waals surface area contributed by atoms with E-state index in [1.807, 2.05) is 0 Å². The molecule has 1 saturated carbocycles. The monoisotopic (exact) mass is 512 g/mol. The third kappa shape index (κ3) is 7.92. The predicted molar refractivity (Wildman–Crippen MR) is 144 cm³/mol. The maximum atomic E-state index is 15.3. The fourth-order valence-electron chi connectivity index (χ4n) is 4.20. The molecule has 0 aliphatic heterocycles. The van der Waals surface area contributed by atoms with Gasteiger partial charge in [-0.3, -0.25) is 4.79 Å². The number of aliphatic imine (C=N–C) groups is 2. The van der Waals surface area contributed by atoms with Crippen LogP contribution in [0, 0.1) is 22.5 Å². The average molecular weight is 513 g/mol. The standard InChI is InChI=1S/C29H38F2N4O2/c1-28(2,3)27(36)37-18-33-17-35-26(32)19-9-10-22(24(30)15-19)23-8-6-7-20(25(23)31)16-34-21-11-13-29(4,5)14-12-21/h6-10,15,17,21,34H,11-14,16,18H2,1-5H3,(H2,32,33,35). The molecule has 0 heterocycles. The number of carbonyl (C=O) groups excluding carboxylic acids is 1. The Hall–Kier alpha value is -3.13. The number of halogens is 2. The fraction of sp³-hybridized carbons (Fsp3) is 0.483. The molecule has 2 aromatic carbocycles. The Kier molecular flexibility index (Phi) is 9.18. The molecule has 0 bridgehead atoms. The van der Waals surface area contributed by atoms with Gasteiger partial charge in [0.1, 0.15) is 23.8 Å². The summed E-state index contributed by atoms with van der Waals surface area (Å²) >= 11 is 0. The predicted octanol–water partition coefficient (Wildman–Crippen LogP) is 5.97. The molecule has 0 unspecified atom stereocenters. The van der Waals surface area contributed by atoms with Crippen LogP contribution in [0.4, 0.5) is 8.78 Å². The van der Waals surface area contributed by atoms with Crippen LogP contribution in [0.5, 0.6) is 0 Å². The van der Waals surface area contributed by atoms with Crippen LogP contribution in [0.15, 0.2) is 46.4 Å². The summed E-state index contributed by atoms with van der Waals surface area (Å²) in [6.07, 6.45) is 5.59. The van der Waals surface area contributed by atoms with E-state index in [9.17, 15) is 4.79 Å². The van der Waals surface area contributed by atoms with Crippen LogP contribution in [0.1, 0.15) is 71.4 Å². The molecule has 3 rings (SSSR count). The SMILES string of the molecule is CC1(C)CCC(NCc2cccc(-c3ccc(C(N)=N/C=N/COC(=O)C(C)(C)C)cc3F)c2F)CC1. The summed E-state index contributed by atoms with van der Waals surface area (Å²) in [6, 6.07) is 9.70. The lowest BCUT2D eigenvalue weighted by molar-refractivity contribution is -0.152. The number of ether oxygens (including phenoxy) is 1. The Bertz CT molecular complexity index is 1160. The first-order valence-electron chi connectivity index (χ1n) is 12.7. The Balaban J connectivity index is 1.65. The quantitative estimate of drug-likeness (QED) is 0.259. The van der Waals surface area contributed by atoms with Crippen molar-refractivity contribution >= 4 is 18.1 Å². The number of hydrogen-bond donors (Lipinski definition) is 2. The number of esters is 1. The van der Waals surface area contributed by atoms with Gasteiger partial charge in [0, 0.05) is 34.8 Å². The normalized spacial score (nSPS) is 16.8. The van der Waals surface area contributed by atoms with Crippen molar-refractivity contribution in [3.8, 4) is 11.1 Å². The molecule has 0 amide bonds. The van der Waals surface area contributed by atoms with Gasteiger partial charge in [0.05, 0.1) is 5.41 Å². The van der Waals surface area contributed by atoms with Crippen molar-refractivity contribution in [2.24, 2.45) is 26.5 Å². The topological polar surface area (TPSA) is 89.1 Å². The minimum atomic E-state index is -0.626. The van der Waals surface area contributed by atoms with Crippen molar-refractivity contribution < 1.29 is 18.3 Å². The second kappa shape index (κ2) is 11.9. The van der Waals surface area contributed by atoms with Crippen molar-refractivity contribution in [1.29, 1.82) is 0 Å². The van der Waals surface area contributed by atoms with Crippen molar-refractivity contribution in [3.05, 3.63) is 59.2 Å². The van der Waals surface area contributed by atoms with E-state index in [-0.39, 0.29) is 29.7 Å². The van der Waals surface area contributed by atoms with Gasteiger partial charge in [-0.1, -0.05) is 44.2 Å². The second-order valence-electron chi connectivity index (χ2n) is 11.4. The molecule has 2 aromatic rings. The van der Waals surface area contributed by atoms with Crippen LogP contribution in [-0.4, -0.2) is 30.9 Å². The van der Waals surface area contributed by atoms with E-state index in [0.29, 0.717) is 29.1 Å². The van der Waals surface area contributed by atoms with Crippen LogP contribution < -0.4 is 11.1 Å². The zero-order valence-electron chi connectivity index (χ0n) is 22.4. The number of nitrogens with two attached hydrogens (primary N) is 1. The largest absolute Gasteiger partial charge is 0.442 e. The van der Waals surface area contributed by atoms with Crippen LogP contribution >= 0.6 is 0 Å². The lowest BCUT2D eigenvalue weighted by Crippen LogP contribution is -2.35. The average Bonchev–Trinajstić information content (AvgIpc) is 2.83. The van der Waals surface area contributed by atoms with Crippen LogP contribution in [0.3, 0.4) is 0 Å². The third-order valence-electron chi connectivity index (χ3n) is 6.72. The molecule has 1 fully saturated rings. The van der Waals surface area contributed by atoms with Crippen LogP contribution in [0.2, 0.25) is 0 Å². The summed E-state index contributed by atoms with van der Waals surface area (Å²) in [7, 11) is 0. The summed E-state index contributed by atoms with van der Waals surface area (Å²) in [5.41, 5.74) is 6.88. The van der Waals surface area contributed by atoms with Crippen LogP contribution in [0.25, 0.3) is 11.1 Å². The minimum absolute atomic E-state index is 0.0328. The highest BCUT2D eigenvalue weighted by Crippen LogP contribution is 2.35. The molecule has 8 heteroatoms. The Morgan fingerprint density at radius 1 is 1.16 bits per heavy atom. The zero-order valence-corrected chi connectivity index (χ0v) is 22.4. The lowest BCUT2D eigenvalue weighted by Gasteiger charge is -2.34. The van der Waals surface area contributed by atoms with Gasteiger partial charge >= 0.3 is 5.97 Å². The van der Waals surface area contributed by atoms with E-state index in [4.69, 9.17) is 10.5 Å². The molecule has 0 spiro atoms. The molecule has 1 aliphatic carbocycles. The second-order valence-corrected chi connectivity index (χ2v) is 11.4. The number of benzene rings is 2. The Morgan fingerprint density at radius 2 is 1.86 bits per heavy atom. The van der Waals surface area contributed by atoms with Gasteiger partial charge in [-0.2, -0.15) is 0 Å². The molecular formula is C29H38F2N4O2. The number of hydrogen-bond acceptors (Lipinski definition) is 4. The zero-order chi connectivity index (χ0) is 27.2. The first kappa shape index (κ1) is 28.4. The van der Waals surface area contributed by atoms with Gasteiger partial charge < -0.3 is 15.8 Å². The van der Waals surface area contributed by atoms with E-state index >= 15 is 8.78 Å². The lowest BCUT2D eigenvalue weighted by atomic mass is 9.75. The van der Waals surface area contributed by atoms with Crippen molar-refractivity contribution in [1.82, 2.24) is 5.32 Å². The summed E-state index contributed by atoms with van der Waals surface area (Å²) < 4.78 is 35.4. The molecule has 37 heavy (non-hydrogen) atoms. The van der Waals surface area contributed by atoms with E-state index in [1.54, 1.807) is 45.0 Å². The van der Waals surface area contributed by atoms with E-state index in [2.05, 4.69) is 29.1 Å². The molecule has 1 aliphatic rings. The molecule has 0 saturated heterocycles. The van der Waals surface area contributed by atoms with Gasteiger partial charge in [0.15, 0.2) is 6.73 Å². The Morgan fingerprint density at radius 3 is 2.51 bits per heavy atom. The van der Waals surface area contributed by atoms with Gasteiger partial charge in [-0.25, -0.2) is 18.8 Å². The van der Waals surface area contributed by atoms with Crippen molar-refractivity contribution in [2.75, 3.05) is 6.73 Å². The molecule has 0 aromatic heterocycles.